The molecule has 1 aliphatic rings. The maximum atomic E-state index is 11.3. The van der Waals surface area contributed by atoms with Crippen molar-refractivity contribution in [1.82, 2.24) is 10.6 Å². The summed E-state index contributed by atoms with van der Waals surface area (Å²) in [7, 11) is 0. The number of carbonyl (C=O) groups excluding carboxylic acids is 1. The predicted octanol–water partition coefficient (Wildman–Crippen LogP) is 1.68. The minimum absolute atomic E-state index is 0.151. The molecule has 3 heteroatoms. The molecule has 15 heavy (non-hydrogen) atoms. The second-order valence-electron chi connectivity index (χ2n) is 4.91. The fraction of sp³-hybridized carbons (Fsp3) is 0.917. The van der Waals surface area contributed by atoms with Crippen LogP contribution in [0.15, 0.2) is 0 Å². The van der Waals surface area contributed by atoms with Crippen molar-refractivity contribution >= 4 is 5.91 Å². The zero-order valence-corrected chi connectivity index (χ0v) is 10.2. The van der Waals surface area contributed by atoms with Gasteiger partial charge in [0.05, 0.1) is 0 Å². The summed E-state index contributed by atoms with van der Waals surface area (Å²) in [5.74, 6) is 0.997. The minimum atomic E-state index is 0.151. The lowest BCUT2D eigenvalue weighted by molar-refractivity contribution is -0.121. The van der Waals surface area contributed by atoms with Crippen molar-refractivity contribution in [3.05, 3.63) is 0 Å². The van der Waals surface area contributed by atoms with Crippen molar-refractivity contribution in [2.75, 3.05) is 6.54 Å². The van der Waals surface area contributed by atoms with Gasteiger partial charge in [-0.25, -0.2) is 0 Å². The van der Waals surface area contributed by atoms with Crippen LogP contribution >= 0.6 is 0 Å². The van der Waals surface area contributed by atoms with E-state index in [2.05, 4.69) is 17.6 Å². The molecule has 1 unspecified atom stereocenters. The first-order valence-electron chi connectivity index (χ1n) is 6.12. The Hall–Kier alpha value is -0.570. The molecule has 1 fully saturated rings. The van der Waals surface area contributed by atoms with Crippen LogP contribution in [0.5, 0.6) is 0 Å². The van der Waals surface area contributed by atoms with E-state index in [1.807, 2.05) is 13.8 Å². The first-order chi connectivity index (χ1) is 7.09. The van der Waals surface area contributed by atoms with Gasteiger partial charge in [0, 0.05) is 25.0 Å². The Morgan fingerprint density at radius 2 is 2.00 bits per heavy atom. The summed E-state index contributed by atoms with van der Waals surface area (Å²) in [5.41, 5.74) is 0. The number of rotatable bonds is 6. The third kappa shape index (κ3) is 4.65. The Bertz CT molecular complexity index is 200. The number of amides is 1. The summed E-state index contributed by atoms with van der Waals surface area (Å²) in [6, 6.07) is 0.826. The predicted molar refractivity (Wildman–Crippen MR) is 62.7 cm³/mol. The molecule has 1 saturated carbocycles. The molecule has 1 aliphatic carbocycles. The molecule has 0 saturated heterocycles. The summed E-state index contributed by atoms with van der Waals surface area (Å²) in [4.78, 5) is 11.3. The zero-order valence-electron chi connectivity index (χ0n) is 10.2. The summed E-state index contributed by atoms with van der Waals surface area (Å²) in [6.45, 7) is 7.00. The Morgan fingerprint density at radius 3 is 2.47 bits per heavy atom. The van der Waals surface area contributed by atoms with Gasteiger partial charge in [0.2, 0.25) is 5.91 Å². The number of carbonyl (C=O) groups is 1. The van der Waals surface area contributed by atoms with Crippen LogP contribution in [0, 0.1) is 5.92 Å². The third-order valence-corrected chi connectivity index (χ3v) is 3.12. The van der Waals surface area contributed by atoms with Crippen molar-refractivity contribution in [2.24, 2.45) is 5.92 Å². The fourth-order valence-electron chi connectivity index (χ4n) is 1.91. The lowest BCUT2D eigenvalue weighted by Gasteiger charge is -2.32. The van der Waals surface area contributed by atoms with E-state index in [-0.39, 0.29) is 11.9 Å². The molecule has 2 N–H and O–H groups in total. The monoisotopic (exact) mass is 212 g/mol. The topological polar surface area (TPSA) is 41.1 Å². The number of hydrogen-bond donors (Lipinski definition) is 2. The summed E-state index contributed by atoms with van der Waals surface area (Å²) in [5, 5.41) is 6.32. The van der Waals surface area contributed by atoms with Crippen molar-refractivity contribution in [3.63, 3.8) is 0 Å². The van der Waals surface area contributed by atoms with Crippen LogP contribution in [-0.4, -0.2) is 24.5 Å². The van der Waals surface area contributed by atoms with Gasteiger partial charge in [-0.2, -0.15) is 0 Å². The van der Waals surface area contributed by atoms with E-state index in [0.29, 0.717) is 12.5 Å². The average Bonchev–Trinajstić information content (AvgIpc) is 1.98. The van der Waals surface area contributed by atoms with Crippen molar-refractivity contribution in [1.29, 1.82) is 0 Å². The first-order valence-corrected chi connectivity index (χ1v) is 6.12. The fourth-order valence-corrected chi connectivity index (χ4v) is 1.91. The van der Waals surface area contributed by atoms with Crippen LogP contribution in [-0.2, 0) is 4.79 Å². The summed E-state index contributed by atoms with van der Waals surface area (Å²) in [6.07, 6.45) is 4.68. The molecule has 0 aromatic carbocycles. The van der Waals surface area contributed by atoms with Gasteiger partial charge in [-0.05, 0) is 39.5 Å². The maximum Gasteiger partial charge on any atom is 0.221 e. The standard InChI is InChI=1S/C12H24N2O/c1-9(2)14-12(15)7-8-13-10(3)11-5-4-6-11/h9-11,13H,4-8H2,1-3H3,(H,14,15). The van der Waals surface area contributed by atoms with Crippen LogP contribution < -0.4 is 10.6 Å². The molecule has 88 valence electrons. The molecule has 0 aliphatic heterocycles. The van der Waals surface area contributed by atoms with E-state index in [0.717, 1.165) is 12.5 Å². The Balaban J connectivity index is 2.02. The molecule has 0 radical (unpaired) electrons. The molecule has 1 atom stereocenters. The van der Waals surface area contributed by atoms with E-state index in [1.165, 1.54) is 19.3 Å². The van der Waals surface area contributed by atoms with E-state index in [9.17, 15) is 4.79 Å². The van der Waals surface area contributed by atoms with E-state index < -0.39 is 0 Å². The van der Waals surface area contributed by atoms with Gasteiger partial charge in [0.1, 0.15) is 0 Å². The van der Waals surface area contributed by atoms with Crippen molar-refractivity contribution in [2.45, 2.75) is 58.5 Å². The highest BCUT2D eigenvalue weighted by Crippen LogP contribution is 2.29. The van der Waals surface area contributed by atoms with Crippen LogP contribution in [0.2, 0.25) is 0 Å². The third-order valence-electron chi connectivity index (χ3n) is 3.12. The molecule has 3 nitrogen and oxygen atoms in total. The lowest BCUT2D eigenvalue weighted by atomic mass is 9.80. The average molecular weight is 212 g/mol. The second kappa shape index (κ2) is 6.11. The SMILES string of the molecule is CC(C)NC(=O)CCNC(C)C1CCC1. The molecule has 0 bridgehead atoms. The number of nitrogens with one attached hydrogen (secondary N) is 2. The first kappa shape index (κ1) is 12.5. The van der Waals surface area contributed by atoms with Crippen LogP contribution in [0.4, 0.5) is 0 Å². The smallest absolute Gasteiger partial charge is 0.221 e. The van der Waals surface area contributed by atoms with Gasteiger partial charge in [-0.1, -0.05) is 6.42 Å². The lowest BCUT2D eigenvalue weighted by Crippen LogP contribution is -2.39. The van der Waals surface area contributed by atoms with Crippen LogP contribution in [0.25, 0.3) is 0 Å². The Morgan fingerprint density at radius 1 is 1.33 bits per heavy atom. The van der Waals surface area contributed by atoms with Gasteiger partial charge < -0.3 is 10.6 Å². The van der Waals surface area contributed by atoms with Gasteiger partial charge in [0.25, 0.3) is 0 Å². The molecule has 0 heterocycles. The highest BCUT2D eigenvalue weighted by Gasteiger charge is 2.23. The van der Waals surface area contributed by atoms with Crippen LogP contribution in [0.1, 0.15) is 46.5 Å². The largest absolute Gasteiger partial charge is 0.354 e. The molecule has 0 aromatic heterocycles. The van der Waals surface area contributed by atoms with Gasteiger partial charge in [-0.15, -0.1) is 0 Å². The van der Waals surface area contributed by atoms with Gasteiger partial charge in [-0.3, -0.25) is 4.79 Å². The highest BCUT2D eigenvalue weighted by molar-refractivity contribution is 5.76. The molecule has 0 spiro atoms. The maximum absolute atomic E-state index is 11.3. The Labute approximate surface area is 93.0 Å². The molecule has 1 rings (SSSR count). The molecule has 1 amide bonds. The van der Waals surface area contributed by atoms with E-state index >= 15 is 0 Å². The van der Waals surface area contributed by atoms with Crippen molar-refractivity contribution in [3.8, 4) is 0 Å². The normalized spacial score (nSPS) is 18.7. The summed E-state index contributed by atoms with van der Waals surface area (Å²) < 4.78 is 0. The molecule has 0 aromatic rings. The van der Waals surface area contributed by atoms with Crippen LogP contribution in [0.3, 0.4) is 0 Å². The van der Waals surface area contributed by atoms with E-state index in [1.54, 1.807) is 0 Å². The summed E-state index contributed by atoms with van der Waals surface area (Å²) >= 11 is 0. The molecular formula is C12H24N2O. The van der Waals surface area contributed by atoms with E-state index in [4.69, 9.17) is 0 Å². The number of hydrogen-bond acceptors (Lipinski definition) is 2. The van der Waals surface area contributed by atoms with Crippen molar-refractivity contribution < 1.29 is 4.79 Å². The second-order valence-corrected chi connectivity index (χ2v) is 4.91. The quantitative estimate of drug-likeness (QED) is 0.703. The highest BCUT2D eigenvalue weighted by atomic mass is 16.1. The van der Waals surface area contributed by atoms with Gasteiger partial charge >= 0.3 is 0 Å². The molecular weight excluding hydrogens is 188 g/mol. The Kier molecular flexibility index (Phi) is 5.09. The van der Waals surface area contributed by atoms with Gasteiger partial charge in [0.15, 0.2) is 0 Å². The minimum Gasteiger partial charge on any atom is -0.354 e. The zero-order chi connectivity index (χ0) is 11.3.